The number of hydrogen-bond donors (Lipinski definition) is 0. The fourth-order valence-electron chi connectivity index (χ4n) is 5.11. The van der Waals surface area contributed by atoms with Crippen LogP contribution in [0.1, 0.15) is 39.9 Å². The minimum atomic E-state index is 0.0913. The van der Waals surface area contributed by atoms with Crippen molar-refractivity contribution < 1.29 is 9.53 Å². The van der Waals surface area contributed by atoms with Gasteiger partial charge in [-0.1, -0.05) is 72.3 Å². The zero-order valence-corrected chi connectivity index (χ0v) is 22.5. The van der Waals surface area contributed by atoms with Gasteiger partial charge < -0.3 is 9.64 Å². The number of benzene rings is 4. The van der Waals surface area contributed by atoms with Crippen LogP contribution in [0.2, 0.25) is 5.02 Å². The highest BCUT2D eigenvalue weighted by Gasteiger charge is 2.29. The molecule has 5 rings (SSSR count). The van der Waals surface area contributed by atoms with Crippen LogP contribution in [0.25, 0.3) is 0 Å². The van der Waals surface area contributed by atoms with Crippen molar-refractivity contribution in [1.82, 2.24) is 9.80 Å². The summed E-state index contributed by atoms with van der Waals surface area (Å²) >= 11 is 6.02. The molecule has 4 nitrogen and oxygen atoms in total. The number of halogens is 1. The van der Waals surface area contributed by atoms with E-state index in [9.17, 15) is 4.79 Å². The van der Waals surface area contributed by atoms with Crippen molar-refractivity contribution in [2.24, 2.45) is 0 Å². The summed E-state index contributed by atoms with van der Waals surface area (Å²) in [4.78, 5) is 18.5. The number of piperidine rings is 1. The molecule has 1 aliphatic heterocycles. The van der Waals surface area contributed by atoms with Crippen molar-refractivity contribution in [3.63, 3.8) is 0 Å². The topological polar surface area (TPSA) is 32.8 Å². The summed E-state index contributed by atoms with van der Waals surface area (Å²) in [5, 5.41) is 0.672. The normalized spacial score (nSPS) is 14.3. The largest absolute Gasteiger partial charge is 0.457 e. The first-order valence-corrected chi connectivity index (χ1v) is 13.6. The van der Waals surface area contributed by atoms with Gasteiger partial charge in [0.1, 0.15) is 11.5 Å². The summed E-state index contributed by atoms with van der Waals surface area (Å²) in [6.45, 7) is 5.43. The van der Waals surface area contributed by atoms with Crippen molar-refractivity contribution in [2.45, 2.75) is 38.9 Å². The molecule has 1 fully saturated rings. The van der Waals surface area contributed by atoms with Gasteiger partial charge in [-0.15, -0.1) is 0 Å². The summed E-state index contributed by atoms with van der Waals surface area (Å²) in [5.41, 5.74) is 4.15. The number of aryl methyl sites for hydroxylation is 1. The molecule has 1 aliphatic rings. The second kappa shape index (κ2) is 12.3. The zero-order valence-electron chi connectivity index (χ0n) is 21.7. The van der Waals surface area contributed by atoms with Gasteiger partial charge in [-0.2, -0.15) is 0 Å². The maximum Gasteiger partial charge on any atom is 0.254 e. The van der Waals surface area contributed by atoms with Crippen LogP contribution in [0.5, 0.6) is 11.5 Å². The predicted molar refractivity (Wildman–Crippen MR) is 154 cm³/mol. The van der Waals surface area contributed by atoms with Crippen molar-refractivity contribution in [3.8, 4) is 11.5 Å². The van der Waals surface area contributed by atoms with E-state index in [2.05, 4.69) is 46.2 Å². The van der Waals surface area contributed by atoms with Crippen LogP contribution in [0.15, 0.2) is 103 Å². The Morgan fingerprint density at radius 3 is 2.26 bits per heavy atom. The fraction of sp³-hybridized carbons (Fsp3) is 0.242. The number of hydrogen-bond acceptors (Lipinski definition) is 3. The summed E-state index contributed by atoms with van der Waals surface area (Å²) in [6.07, 6.45) is 1.90. The summed E-state index contributed by atoms with van der Waals surface area (Å²) < 4.78 is 6.07. The molecule has 0 radical (unpaired) electrons. The molecule has 5 heteroatoms. The minimum Gasteiger partial charge on any atom is -0.457 e. The molecule has 1 heterocycles. The highest BCUT2D eigenvalue weighted by atomic mass is 35.5. The standard InChI is InChI=1S/C33H33ClN2O2/c1-25-8-5-6-13-32(25)33(37)36(29-18-20-35(21-19-29)23-26-9-3-2-4-10-26)24-27-11-7-12-31(22-27)38-30-16-14-28(34)15-17-30/h2-17,22,29H,18-21,23-24H2,1H3. The van der Waals surface area contributed by atoms with Crippen LogP contribution in [-0.4, -0.2) is 34.8 Å². The monoisotopic (exact) mass is 524 g/mol. The van der Waals surface area contributed by atoms with Gasteiger partial charge in [-0.25, -0.2) is 0 Å². The number of ether oxygens (including phenoxy) is 1. The molecule has 38 heavy (non-hydrogen) atoms. The van der Waals surface area contributed by atoms with Gasteiger partial charge in [-0.05, 0) is 78.9 Å². The first kappa shape index (κ1) is 26.0. The van der Waals surface area contributed by atoms with Gasteiger partial charge >= 0.3 is 0 Å². The lowest BCUT2D eigenvalue weighted by Gasteiger charge is -2.39. The number of carbonyl (C=O) groups excluding carboxylic acids is 1. The Balaban J connectivity index is 1.33. The Morgan fingerprint density at radius 2 is 1.53 bits per heavy atom. The summed E-state index contributed by atoms with van der Waals surface area (Å²) in [5.74, 6) is 1.56. The molecule has 194 valence electrons. The van der Waals surface area contributed by atoms with Crippen molar-refractivity contribution in [3.05, 3.63) is 130 Å². The smallest absolute Gasteiger partial charge is 0.254 e. The number of carbonyl (C=O) groups is 1. The number of rotatable bonds is 8. The van der Waals surface area contributed by atoms with Gasteiger partial charge in [0.25, 0.3) is 5.91 Å². The second-order valence-electron chi connectivity index (χ2n) is 9.94. The number of likely N-dealkylation sites (tertiary alicyclic amines) is 1. The highest BCUT2D eigenvalue weighted by Crippen LogP contribution is 2.27. The maximum absolute atomic E-state index is 13.9. The van der Waals surface area contributed by atoms with E-state index in [-0.39, 0.29) is 11.9 Å². The lowest BCUT2D eigenvalue weighted by Crippen LogP contribution is -2.47. The minimum absolute atomic E-state index is 0.0913. The zero-order chi connectivity index (χ0) is 26.3. The van der Waals surface area contributed by atoms with E-state index in [0.717, 1.165) is 60.7 Å². The highest BCUT2D eigenvalue weighted by molar-refractivity contribution is 6.30. The van der Waals surface area contributed by atoms with Gasteiger partial charge in [-0.3, -0.25) is 9.69 Å². The van der Waals surface area contributed by atoms with Crippen LogP contribution in [0.4, 0.5) is 0 Å². The van der Waals surface area contributed by atoms with Crippen LogP contribution in [0.3, 0.4) is 0 Å². The molecular formula is C33H33ClN2O2. The average Bonchev–Trinajstić information content (AvgIpc) is 2.94. The summed E-state index contributed by atoms with van der Waals surface area (Å²) in [6, 6.07) is 34.0. The lowest BCUT2D eigenvalue weighted by atomic mass is 9.99. The maximum atomic E-state index is 13.9. The first-order valence-electron chi connectivity index (χ1n) is 13.2. The Kier molecular flexibility index (Phi) is 8.42. The van der Waals surface area contributed by atoms with Crippen molar-refractivity contribution >= 4 is 17.5 Å². The third-order valence-corrected chi connectivity index (χ3v) is 7.44. The Bertz CT molecular complexity index is 1350. The number of nitrogens with zero attached hydrogens (tertiary/aromatic N) is 2. The molecule has 0 aromatic heterocycles. The van der Waals surface area contributed by atoms with E-state index in [4.69, 9.17) is 16.3 Å². The molecule has 0 aliphatic carbocycles. The average molecular weight is 525 g/mol. The Hall–Kier alpha value is -3.60. The predicted octanol–water partition coefficient (Wildman–Crippen LogP) is 7.75. The van der Waals surface area contributed by atoms with Gasteiger partial charge in [0.05, 0.1) is 0 Å². The van der Waals surface area contributed by atoms with Gasteiger partial charge in [0.2, 0.25) is 0 Å². The van der Waals surface area contributed by atoms with E-state index in [1.165, 1.54) is 5.56 Å². The molecular weight excluding hydrogens is 492 g/mol. The van der Waals surface area contributed by atoms with E-state index >= 15 is 0 Å². The molecule has 4 aromatic rings. The molecule has 0 bridgehead atoms. The van der Waals surface area contributed by atoms with E-state index in [1.807, 2.05) is 73.7 Å². The molecule has 0 spiro atoms. The van der Waals surface area contributed by atoms with Crippen molar-refractivity contribution in [1.29, 1.82) is 0 Å². The second-order valence-corrected chi connectivity index (χ2v) is 10.4. The Morgan fingerprint density at radius 1 is 0.842 bits per heavy atom. The SMILES string of the molecule is Cc1ccccc1C(=O)N(Cc1cccc(Oc2ccc(Cl)cc2)c1)C1CCN(Cc2ccccc2)CC1. The van der Waals surface area contributed by atoms with Crippen LogP contribution in [-0.2, 0) is 13.1 Å². The molecule has 0 atom stereocenters. The quantitative estimate of drug-likeness (QED) is 0.236. The molecule has 4 aromatic carbocycles. The summed E-state index contributed by atoms with van der Waals surface area (Å²) in [7, 11) is 0. The lowest BCUT2D eigenvalue weighted by molar-refractivity contribution is 0.0542. The molecule has 0 unspecified atom stereocenters. The first-order chi connectivity index (χ1) is 18.5. The van der Waals surface area contributed by atoms with Gasteiger partial charge in [0, 0.05) is 42.8 Å². The van der Waals surface area contributed by atoms with Crippen LogP contribution >= 0.6 is 11.6 Å². The van der Waals surface area contributed by atoms with E-state index in [0.29, 0.717) is 11.6 Å². The molecule has 0 saturated carbocycles. The molecule has 0 N–H and O–H groups in total. The van der Waals surface area contributed by atoms with E-state index < -0.39 is 0 Å². The van der Waals surface area contributed by atoms with Crippen molar-refractivity contribution in [2.75, 3.05) is 13.1 Å². The third-order valence-electron chi connectivity index (χ3n) is 7.18. The van der Waals surface area contributed by atoms with Gasteiger partial charge in [0.15, 0.2) is 0 Å². The fourth-order valence-corrected chi connectivity index (χ4v) is 5.23. The van der Waals surface area contributed by atoms with Crippen LogP contribution < -0.4 is 4.74 Å². The van der Waals surface area contributed by atoms with E-state index in [1.54, 1.807) is 0 Å². The van der Waals surface area contributed by atoms with Crippen LogP contribution in [0, 0.1) is 6.92 Å². The molecule has 1 saturated heterocycles. The Labute approximate surface area is 230 Å². The third kappa shape index (κ3) is 6.63. The number of amides is 1. The molecule has 1 amide bonds.